The van der Waals surface area contributed by atoms with Crippen molar-refractivity contribution in [3.05, 3.63) is 12.1 Å². The summed E-state index contributed by atoms with van der Waals surface area (Å²) in [7, 11) is 0. The first-order chi connectivity index (χ1) is 8.31. The van der Waals surface area contributed by atoms with Gasteiger partial charge in [-0.05, 0) is 41.3 Å². The van der Waals surface area contributed by atoms with Crippen molar-refractivity contribution in [2.45, 2.75) is 38.6 Å². The third-order valence-corrected chi connectivity index (χ3v) is 3.36. The zero-order valence-corrected chi connectivity index (χ0v) is 9.87. The molecule has 0 aliphatic heterocycles. The number of tetrazole rings is 1. The predicted molar refractivity (Wildman–Crippen MR) is 63.6 cm³/mol. The van der Waals surface area contributed by atoms with Crippen molar-refractivity contribution in [3.63, 3.8) is 0 Å². The smallest absolute Gasteiger partial charge is 0.200 e. The zero-order valence-electron chi connectivity index (χ0n) is 9.87. The van der Waals surface area contributed by atoms with Crippen molar-refractivity contribution in [1.29, 1.82) is 0 Å². The molecular formula is C11H16N6. The van der Waals surface area contributed by atoms with Crippen LogP contribution in [0.5, 0.6) is 0 Å². The number of fused-ring (bicyclic) bond motifs is 1. The lowest BCUT2D eigenvalue weighted by Crippen LogP contribution is -2.26. The first-order valence-electron chi connectivity index (χ1n) is 6.13. The van der Waals surface area contributed by atoms with Gasteiger partial charge < -0.3 is 5.32 Å². The minimum absolute atomic E-state index is 0.528. The van der Waals surface area contributed by atoms with Crippen molar-refractivity contribution >= 4 is 11.5 Å². The van der Waals surface area contributed by atoms with E-state index < -0.39 is 0 Å². The number of rotatable bonds is 2. The van der Waals surface area contributed by atoms with Crippen molar-refractivity contribution in [2.24, 2.45) is 5.92 Å². The summed E-state index contributed by atoms with van der Waals surface area (Å²) < 4.78 is 1.45. The second-order valence-corrected chi connectivity index (χ2v) is 4.86. The third-order valence-electron chi connectivity index (χ3n) is 3.36. The quantitative estimate of drug-likeness (QED) is 0.850. The molecule has 2 aromatic rings. The molecule has 1 saturated carbocycles. The van der Waals surface area contributed by atoms with Crippen molar-refractivity contribution in [3.8, 4) is 0 Å². The second-order valence-electron chi connectivity index (χ2n) is 4.86. The van der Waals surface area contributed by atoms with Crippen LogP contribution in [-0.4, -0.2) is 31.3 Å². The lowest BCUT2D eigenvalue weighted by Gasteiger charge is -2.27. The Hall–Kier alpha value is -1.72. The molecule has 0 unspecified atom stereocenters. The van der Waals surface area contributed by atoms with Crippen LogP contribution >= 0.6 is 0 Å². The summed E-state index contributed by atoms with van der Waals surface area (Å²) in [6.07, 6.45) is 5.08. The molecule has 1 N–H and O–H groups in total. The average molecular weight is 232 g/mol. The molecule has 0 bridgehead atoms. The number of hydrogen-bond acceptors (Lipinski definition) is 5. The van der Waals surface area contributed by atoms with Crippen LogP contribution < -0.4 is 5.32 Å². The van der Waals surface area contributed by atoms with E-state index in [4.69, 9.17) is 0 Å². The van der Waals surface area contributed by atoms with E-state index >= 15 is 0 Å². The maximum atomic E-state index is 4.32. The predicted octanol–water partition coefficient (Wildman–Crippen LogP) is 1.51. The summed E-state index contributed by atoms with van der Waals surface area (Å²) in [6, 6.07) is 4.34. The molecule has 1 aliphatic carbocycles. The average Bonchev–Trinajstić information content (AvgIpc) is 2.76. The van der Waals surface area contributed by atoms with Gasteiger partial charge in [0.2, 0.25) is 0 Å². The van der Waals surface area contributed by atoms with Crippen LogP contribution in [0, 0.1) is 5.92 Å². The molecule has 1 aliphatic rings. The molecule has 0 amide bonds. The molecule has 90 valence electrons. The summed E-state index contributed by atoms with van der Waals surface area (Å²) in [4.78, 5) is 0. The third kappa shape index (κ3) is 2.20. The van der Waals surface area contributed by atoms with Crippen molar-refractivity contribution in [2.75, 3.05) is 5.32 Å². The normalized spacial score (nSPS) is 25.0. The summed E-state index contributed by atoms with van der Waals surface area (Å²) in [5.41, 5.74) is 0.674. The minimum Gasteiger partial charge on any atom is -0.366 e. The summed E-state index contributed by atoms with van der Waals surface area (Å²) in [5, 5.41) is 19.0. The zero-order chi connectivity index (χ0) is 11.7. The van der Waals surface area contributed by atoms with Gasteiger partial charge in [-0.1, -0.05) is 19.8 Å². The number of nitrogens with one attached hydrogen (secondary N) is 1. The van der Waals surface area contributed by atoms with Crippen molar-refractivity contribution < 1.29 is 0 Å². The molecule has 6 heteroatoms. The van der Waals surface area contributed by atoms with Gasteiger partial charge in [-0.2, -0.15) is 0 Å². The van der Waals surface area contributed by atoms with Gasteiger partial charge in [0.25, 0.3) is 0 Å². The Morgan fingerprint density at radius 1 is 1.35 bits per heavy atom. The van der Waals surface area contributed by atoms with Gasteiger partial charge in [0.05, 0.1) is 0 Å². The van der Waals surface area contributed by atoms with Crippen molar-refractivity contribution in [1.82, 2.24) is 25.3 Å². The Bertz CT molecular complexity index is 507. The fraction of sp³-hybridized carbons (Fsp3) is 0.636. The molecule has 2 aromatic heterocycles. The van der Waals surface area contributed by atoms with Gasteiger partial charge >= 0.3 is 0 Å². The largest absolute Gasteiger partial charge is 0.366 e. The summed E-state index contributed by atoms with van der Waals surface area (Å²) in [6.45, 7) is 2.31. The van der Waals surface area contributed by atoms with Crippen LogP contribution in [0.25, 0.3) is 5.65 Å². The van der Waals surface area contributed by atoms with E-state index in [1.54, 1.807) is 0 Å². The molecule has 2 heterocycles. The fourth-order valence-electron chi connectivity index (χ4n) is 2.50. The van der Waals surface area contributed by atoms with Gasteiger partial charge in [-0.3, -0.25) is 0 Å². The lowest BCUT2D eigenvalue weighted by atomic mass is 9.87. The minimum atomic E-state index is 0.528. The number of aromatic nitrogens is 5. The fourth-order valence-corrected chi connectivity index (χ4v) is 2.50. The van der Waals surface area contributed by atoms with E-state index in [0.717, 1.165) is 11.7 Å². The molecule has 2 atom stereocenters. The van der Waals surface area contributed by atoms with Crippen LogP contribution in [0.2, 0.25) is 0 Å². The molecule has 0 aromatic carbocycles. The highest BCUT2D eigenvalue weighted by atomic mass is 15.6. The maximum absolute atomic E-state index is 4.32. The van der Waals surface area contributed by atoms with Crippen LogP contribution in [0.3, 0.4) is 0 Å². The van der Waals surface area contributed by atoms with E-state index in [1.807, 2.05) is 12.1 Å². The summed E-state index contributed by atoms with van der Waals surface area (Å²) >= 11 is 0. The maximum Gasteiger partial charge on any atom is 0.200 e. The highest BCUT2D eigenvalue weighted by Crippen LogP contribution is 2.25. The molecular weight excluding hydrogens is 216 g/mol. The van der Waals surface area contributed by atoms with E-state index in [2.05, 4.69) is 32.9 Å². The van der Waals surface area contributed by atoms with Gasteiger partial charge in [0.1, 0.15) is 5.82 Å². The molecule has 0 radical (unpaired) electrons. The Labute approximate surface area is 99.4 Å². The Kier molecular flexibility index (Phi) is 2.62. The molecule has 6 nitrogen and oxygen atoms in total. The Morgan fingerprint density at radius 3 is 3.18 bits per heavy atom. The highest BCUT2D eigenvalue weighted by molar-refractivity contribution is 5.42. The number of anilines is 1. The summed E-state index contributed by atoms with van der Waals surface area (Å²) in [5.74, 6) is 1.65. The highest BCUT2D eigenvalue weighted by Gasteiger charge is 2.19. The van der Waals surface area contributed by atoms with Gasteiger partial charge in [-0.25, -0.2) is 0 Å². The van der Waals surface area contributed by atoms with Crippen LogP contribution in [0.1, 0.15) is 32.6 Å². The van der Waals surface area contributed by atoms with E-state index in [1.165, 1.54) is 30.3 Å². The topological polar surface area (TPSA) is 68.0 Å². The van der Waals surface area contributed by atoms with Gasteiger partial charge in [0, 0.05) is 6.04 Å². The van der Waals surface area contributed by atoms with E-state index in [-0.39, 0.29) is 0 Å². The monoisotopic (exact) mass is 232 g/mol. The molecule has 0 spiro atoms. The first kappa shape index (κ1) is 10.4. The van der Waals surface area contributed by atoms with E-state index in [0.29, 0.717) is 11.7 Å². The first-order valence-corrected chi connectivity index (χ1v) is 6.13. The molecule has 1 fully saturated rings. The Balaban J connectivity index is 1.75. The van der Waals surface area contributed by atoms with Crippen LogP contribution in [0.4, 0.5) is 5.82 Å². The SMILES string of the molecule is C[C@H]1CCC[C@@H](Nc2ccc3nnnn3n2)C1. The lowest BCUT2D eigenvalue weighted by molar-refractivity contribution is 0.358. The number of hydrogen-bond donors (Lipinski definition) is 1. The van der Waals surface area contributed by atoms with E-state index in [9.17, 15) is 0 Å². The van der Waals surface area contributed by atoms with Crippen LogP contribution in [-0.2, 0) is 0 Å². The van der Waals surface area contributed by atoms with Gasteiger partial charge in [-0.15, -0.1) is 14.8 Å². The second kappa shape index (κ2) is 4.27. The molecule has 3 rings (SSSR count). The van der Waals surface area contributed by atoms with Gasteiger partial charge in [0.15, 0.2) is 5.65 Å². The van der Waals surface area contributed by atoms with Crippen LogP contribution in [0.15, 0.2) is 12.1 Å². The standard InChI is InChI=1S/C11H16N6/c1-8-3-2-4-9(7-8)12-10-5-6-11-13-15-16-17(11)14-10/h5-6,8-9H,2-4,7H2,1H3,(H,12,14)/t8-,9+/m0/s1. The Morgan fingerprint density at radius 2 is 2.29 bits per heavy atom. The molecule has 0 saturated heterocycles. The molecule has 17 heavy (non-hydrogen) atoms. The number of nitrogens with zero attached hydrogens (tertiary/aromatic N) is 5.